The molecule has 16 heavy (non-hydrogen) atoms. The van der Waals surface area contributed by atoms with Gasteiger partial charge in [0, 0.05) is 18.5 Å². The van der Waals surface area contributed by atoms with E-state index in [4.69, 9.17) is 0 Å². The number of nitrogens with zero attached hydrogens (tertiary/aromatic N) is 2. The van der Waals surface area contributed by atoms with Gasteiger partial charge in [0.05, 0.1) is 11.2 Å². The van der Waals surface area contributed by atoms with Crippen LogP contribution in [0, 0.1) is 0 Å². The number of nitrogens with one attached hydrogen (secondary N) is 1. The third-order valence-electron chi connectivity index (χ3n) is 2.75. The summed E-state index contributed by atoms with van der Waals surface area (Å²) >= 11 is 0. The van der Waals surface area contributed by atoms with E-state index >= 15 is 0 Å². The number of benzene rings is 1. The molecule has 3 heteroatoms. The van der Waals surface area contributed by atoms with Gasteiger partial charge in [0.15, 0.2) is 0 Å². The average Bonchev–Trinajstić information content (AvgIpc) is 2.68. The molecule has 86 valence electrons. The summed E-state index contributed by atoms with van der Waals surface area (Å²) in [5.74, 6) is 0. The smallest absolute Gasteiger partial charge is 0.0841 e. The first-order valence-electron chi connectivity index (χ1n) is 6.02. The minimum Gasteiger partial charge on any atom is -0.311 e. The predicted octanol–water partition coefficient (Wildman–Crippen LogP) is 2.56. The van der Waals surface area contributed by atoms with Gasteiger partial charge < -0.3 is 5.32 Å². The van der Waals surface area contributed by atoms with Gasteiger partial charge in [-0.2, -0.15) is 5.10 Å². The van der Waals surface area contributed by atoms with E-state index in [0.29, 0.717) is 0 Å². The van der Waals surface area contributed by atoms with E-state index in [0.717, 1.165) is 31.7 Å². The molecule has 3 nitrogen and oxygen atoms in total. The van der Waals surface area contributed by atoms with Crippen molar-refractivity contribution in [3.63, 3.8) is 0 Å². The van der Waals surface area contributed by atoms with Gasteiger partial charge in [-0.15, -0.1) is 0 Å². The Labute approximate surface area is 96.5 Å². The fourth-order valence-electron chi connectivity index (χ4n) is 1.95. The molecule has 0 fully saturated rings. The van der Waals surface area contributed by atoms with Crippen LogP contribution in [0.5, 0.6) is 0 Å². The molecule has 1 N–H and O–H groups in total. The predicted molar refractivity (Wildman–Crippen MR) is 67.4 cm³/mol. The molecule has 0 aliphatic carbocycles. The number of fused-ring (bicyclic) bond motifs is 1. The lowest BCUT2D eigenvalue weighted by Crippen LogP contribution is -2.14. The van der Waals surface area contributed by atoms with E-state index in [1.165, 1.54) is 10.9 Å². The molecule has 1 aromatic heterocycles. The molecule has 0 amide bonds. The highest BCUT2D eigenvalue weighted by Crippen LogP contribution is 2.17. The zero-order chi connectivity index (χ0) is 11.4. The topological polar surface area (TPSA) is 29.9 Å². The second kappa shape index (κ2) is 5.12. The quantitative estimate of drug-likeness (QED) is 0.780. The van der Waals surface area contributed by atoms with Gasteiger partial charge in [0.1, 0.15) is 0 Å². The molecule has 2 aromatic rings. The summed E-state index contributed by atoms with van der Waals surface area (Å²) in [6, 6.07) is 8.43. The highest BCUT2D eigenvalue weighted by atomic mass is 15.3. The van der Waals surface area contributed by atoms with Crippen molar-refractivity contribution in [3.05, 3.63) is 30.0 Å². The average molecular weight is 217 g/mol. The first-order valence-corrected chi connectivity index (χ1v) is 6.02. The molecule has 0 saturated carbocycles. The van der Waals surface area contributed by atoms with Gasteiger partial charge in [-0.25, -0.2) is 0 Å². The standard InChI is InChI=1S/C13H19N3/c1-3-9-14-10-12-11-7-5-6-8-13(11)16(4-2)15-12/h5-8,14H,3-4,9-10H2,1-2H3. The zero-order valence-electron chi connectivity index (χ0n) is 10.0. The Balaban J connectivity index is 2.30. The van der Waals surface area contributed by atoms with E-state index < -0.39 is 0 Å². The monoisotopic (exact) mass is 217 g/mol. The number of para-hydroxylation sites is 1. The van der Waals surface area contributed by atoms with Crippen LogP contribution in [0.15, 0.2) is 24.3 Å². The molecule has 2 rings (SSSR count). The first kappa shape index (κ1) is 11.1. The number of aromatic nitrogens is 2. The van der Waals surface area contributed by atoms with Crippen molar-refractivity contribution in [3.8, 4) is 0 Å². The summed E-state index contributed by atoms with van der Waals surface area (Å²) in [7, 11) is 0. The van der Waals surface area contributed by atoms with Crippen LogP contribution in [0.1, 0.15) is 26.0 Å². The number of aryl methyl sites for hydroxylation is 1. The highest BCUT2D eigenvalue weighted by Gasteiger charge is 2.07. The molecule has 0 aliphatic heterocycles. The van der Waals surface area contributed by atoms with Crippen molar-refractivity contribution in [2.24, 2.45) is 0 Å². The Morgan fingerprint density at radius 3 is 2.81 bits per heavy atom. The maximum atomic E-state index is 4.63. The molecule has 1 aromatic carbocycles. The number of rotatable bonds is 5. The minimum atomic E-state index is 0.862. The van der Waals surface area contributed by atoms with E-state index in [1.54, 1.807) is 0 Å². The van der Waals surface area contributed by atoms with Gasteiger partial charge in [0.2, 0.25) is 0 Å². The van der Waals surface area contributed by atoms with Crippen LogP contribution in [0.4, 0.5) is 0 Å². The van der Waals surface area contributed by atoms with Crippen molar-refractivity contribution in [1.29, 1.82) is 0 Å². The zero-order valence-corrected chi connectivity index (χ0v) is 10.0. The molecule has 0 aliphatic rings. The van der Waals surface area contributed by atoms with Gasteiger partial charge in [-0.3, -0.25) is 4.68 Å². The molecule has 0 bridgehead atoms. The molecular formula is C13H19N3. The fourth-order valence-corrected chi connectivity index (χ4v) is 1.95. The van der Waals surface area contributed by atoms with Crippen molar-refractivity contribution >= 4 is 10.9 Å². The van der Waals surface area contributed by atoms with E-state index in [9.17, 15) is 0 Å². The van der Waals surface area contributed by atoms with Gasteiger partial charge in [-0.1, -0.05) is 25.1 Å². The van der Waals surface area contributed by atoms with Crippen LogP contribution < -0.4 is 5.32 Å². The van der Waals surface area contributed by atoms with Crippen LogP contribution in [0.2, 0.25) is 0 Å². The Hall–Kier alpha value is -1.35. The normalized spacial score (nSPS) is 11.1. The summed E-state index contributed by atoms with van der Waals surface area (Å²) in [6.45, 7) is 7.14. The minimum absolute atomic E-state index is 0.862. The Bertz CT molecular complexity index is 459. The van der Waals surface area contributed by atoms with Crippen molar-refractivity contribution in [2.75, 3.05) is 6.54 Å². The molecule has 0 atom stereocenters. The van der Waals surface area contributed by atoms with Gasteiger partial charge in [0.25, 0.3) is 0 Å². The first-order chi connectivity index (χ1) is 7.86. The second-order valence-electron chi connectivity index (χ2n) is 3.96. The van der Waals surface area contributed by atoms with E-state index in [-0.39, 0.29) is 0 Å². The lowest BCUT2D eigenvalue weighted by atomic mass is 10.2. The maximum Gasteiger partial charge on any atom is 0.0841 e. The third kappa shape index (κ3) is 2.09. The Morgan fingerprint density at radius 2 is 2.06 bits per heavy atom. The van der Waals surface area contributed by atoms with Crippen LogP contribution >= 0.6 is 0 Å². The van der Waals surface area contributed by atoms with E-state index in [2.05, 4.69) is 53.2 Å². The fraction of sp³-hybridized carbons (Fsp3) is 0.462. The van der Waals surface area contributed by atoms with Crippen molar-refractivity contribution < 1.29 is 0 Å². The molecule has 0 saturated heterocycles. The Kier molecular flexibility index (Phi) is 3.57. The molecular weight excluding hydrogens is 198 g/mol. The highest BCUT2D eigenvalue weighted by molar-refractivity contribution is 5.81. The van der Waals surface area contributed by atoms with Crippen LogP contribution in [-0.4, -0.2) is 16.3 Å². The third-order valence-corrected chi connectivity index (χ3v) is 2.75. The van der Waals surface area contributed by atoms with E-state index in [1.807, 2.05) is 0 Å². The summed E-state index contributed by atoms with van der Waals surface area (Å²) in [4.78, 5) is 0. The summed E-state index contributed by atoms with van der Waals surface area (Å²) in [6.07, 6.45) is 1.16. The van der Waals surface area contributed by atoms with Crippen molar-refractivity contribution in [1.82, 2.24) is 15.1 Å². The second-order valence-corrected chi connectivity index (χ2v) is 3.96. The molecule has 0 spiro atoms. The SMILES string of the molecule is CCCNCc1nn(CC)c2ccccc12. The lowest BCUT2D eigenvalue weighted by molar-refractivity contribution is 0.627. The molecule has 0 unspecified atom stereocenters. The van der Waals surface area contributed by atoms with Crippen LogP contribution in [0.25, 0.3) is 10.9 Å². The van der Waals surface area contributed by atoms with Gasteiger partial charge in [-0.05, 0) is 26.0 Å². The van der Waals surface area contributed by atoms with Crippen molar-refractivity contribution in [2.45, 2.75) is 33.4 Å². The number of hydrogen-bond acceptors (Lipinski definition) is 2. The maximum absolute atomic E-state index is 4.63. The summed E-state index contributed by atoms with van der Waals surface area (Å²) in [5.41, 5.74) is 2.39. The largest absolute Gasteiger partial charge is 0.311 e. The van der Waals surface area contributed by atoms with Gasteiger partial charge >= 0.3 is 0 Å². The summed E-state index contributed by atoms with van der Waals surface area (Å²) in [5, 5.41) is 9.31. The van der Waals surface area contributed by atoms with Crippen LogP contribution in [-0.2, 0) is 13.1 Å². The molecule has 0 radical (unpaired) electrons. The molecule has 1 heterocycles. The Morgan fingerprint density at radius 1 is 1.25 bits per heavy atom. The van der Waals surface area contributed by atoms with Crippen LogP contribution in [0.3, 0.4) is 0 Å². The summed E-state index contributed by atoms with van der Waals surface area (Å²) < 4.78 is 2.07. The lowest BCUT2D eigenvalue weighted by Gasteiger charge is -1.99. The number of hydrogen-bond donors (Lipinski definition) is 1.